The van der Waals surface area contributed by atoms with Crippen molar-refractivity contribution in [3.05, 3.63) is 0 Å². The maximum Gasteiger partial charge on any atom is 0.254 e. The Labute approximate surface area is 118 Å². The Kier molecular flexibility index (Phi) is 6.90. The number of piperidine rings is 1. The molecule has 7 heteroatoms. The van der Waals surface area contributed by atoms with Gasteiger partial charge >= 0.3 is 0 Å². The molecule has 0 spiro atoms. The molecule has 20 heavy (non-hydrogen) atoms. The summed E-state index contributed by atoms with van der Waals surface area (Å²) in [5.41, 5.74) is 0. The van der Waals surface area contributed by atoms with Crippen molar-refractivity contribution in [3.63, 3.8) is 0 Å². The third-order valence-corrected chi connectivity index (χ3v) is 3.44. The number of aliphatic hydroxyl groups excluding tert-OH is 3. The number of likely N-dealkylation sites (tertiary alicyclic amines) is 1. The third kappa shape index (κ3) is 4.73. The number of amides is 2. The van der Waals surface area contributed by atoms with Crippen molar-refractivity contribution in [2.45, 2.75) is 50.9 Å². The first-order chi connectivity index (χ1) is 9.47. The van der Waals surface area contributed by atoms with Gasteiger partial charge < -0.3 is 25.5 Å². The average molecular weight is 288 g/mol. The van der Waals surface area contributed by atoms with E-state index in [1.165, 1.54) is 11.8 Å². The highest BCUT2D eigenvalue weighted by Gasteiger charge is 2.40. The van der Waals surface area contributed by atoms with E-state index >= 15 is 0 Å². The lowest BCUT2D eigenvalue weighted by Gasteiger charge is -2.39. The molecule has 0 unspecified atom stereocenters. The molecule has 1 saturated heterocycles. The van der Waals surface area contributed by atoms with Gasteiger partial charge in [0.25, 0.3) is 5.91 Å². The Morgan fingerprint density at radius 1 is 1.30 bits per heavy atom. The second-order valence-electron chi connectivity index (χ2n) is 5.16. The molecule has 116 valence electrons. The summed E-state index contributed by atoms with van der Waals surface area (Å²) in [5.74, 6) is -0.806. The van der Waals surface area contributed by atoms with Crippen molar-refractivity contribution < 1.29 is 24.9 Å². The minimum Gasteiger partial charge on any atom is -0.396 e. The molecule has 1 aliphatic rings. The molecule has 3 atom stereocenters. The smallest absolute Gasteiger partial charge is 0.254 e. The van der Waals surface area contributed by atoms with Crippen molar-refractivity contribution in [3.8, 4) is 0 Å². The summed E-state index contributed by atoms with van der Waals surface area (Å²) < 4.78 is 0. The van der Waals surface area contributed by atoms with Gasteiger partial charge in [-0.15, -0.1) is 0 Å². The number of hydrogen-bond acceptors (Lipinski definition) is 5. The normalized spacial score (nSPS) is 26.7. The molecule has 0 aromatic rings. The topological polar surface area (TPSA) is 110 Å². The van der Waals surface area contributed by atoms with Crippen LogP contribution in [0.15, 0.2) is 0 Å². The zero-order valence-electron chi connectivity index (χ0n) is 11.8. The van der Waals surface area contributed by atoms with Crippen LogP contribution in [0.2, 0.25) is 0 Å². The Morgan fingerprint density at radius 3 is 2.55 bits per heavy atom. The van der Waals surface area contributed by atoms with Crippen molar-refractivity contribution >= 4 is 11.8 Å². The molecule has 0 saturated carbocycles. The van der Waals surface area contributed by atoms with E-state index in [-0.39, 0.29) is 19.1 Å². The summed E-state index contributed by atoms with van der Waals surface area (Å²) >= 11 is 0. The first-order valence-corrected chi connectivity index (χ1v) is 7.00. The van der Waals surface area contributed by atoms with Gasteiger partial charge in [-0.25, -0.2) is 0 Å². The number of rotatable bonds is 7. The zero-order valence-corrected chi connectivity index (χ0v) is 11.8. The standard InChI is InChI=1S/C13H24N2O5/c1-9(17)14-10-8-15(6-4-2-3-5-7-16)13(20)12(19)11(10)18/h10-12,16,18-19H,2-8H2,1H3,(H,14,17)/t10-,11+,12+/m0/s1. The number of nitrogens with one attached hydrogen (secondary N) is 1. The summed E-state index contributed by atoms with van der Waals surface area (Å²) in [4.78, 5) is 24.4. The van der Waals surface area contributed by atoms with Gasteiger partial charge in [-0.3, -0.25) is 9.59 Å². The third-order valence-electron chi connectivity index (χ3n) is 3.44. The van der Waals surface area contributed by atoms with Crippen molar-refractivity contribution in [1.29, 1.82) is 0 Å². The second kappa shape index (κ2) is 8.18. The SMILES string of the molecule is CC(=O)N[C@H]1CN(CCCCCCO)C(=O)[C@H](O)[C@@H]1O. The summed E-state index contributed by atoms with van der Waals surface area (Å²) in [6.45, 7) is 2.17. The zero-order chi connectivity index (χ0) is 15.1. The highest BCUT2D eigenvalue weighted by Crippen LogP contribution is 2.15. The van der Waals surface area contributed by atoms with E-state index in [0.717, 1.165) is 25.7 Å². The molecule has 0 bridgehead atoms. The Morgan fingerprint density at radius 2 is 1.95 bits per heavy atom. The molecule has 0 aromatic heterocycles. The minimum atomic E-state index is -1.49. The molecular formula is C13H24N2O5. The predicted octanol–water partition coefficient (Wildman–Crippen LogP) is -1.39. The summed E-state index contributed by atoms with van der Waals surface area (Å²) in [7, 11) is 0. The van der Waals surface area contributed by atoms with Crippen LogP contribution in [0.4, 0.5) is 0 Å². The number of carbonyl (C=O) groups excluding carboxylic acids is 2. The Balaban J connectivity index is 2.48. The first kappa shape index (κ1) is 16.9. The minimum absolute atomic E-state index is 0.165. The lowest BCUT2D eigenvalue weighted by Crippen LogP contribution is -2.63. The number of hydrogen-bond donors (Lipinski definition) is 4. The maximum absolute atomic E-state index is 11.9. The molecular weight excluding hydrogens is 264 g/mol. The molecule has 4 N–H and O–H groups in total. The van der Waals surface area contributed by atoms with Gasteiger partial charge in [0, 0.05) is 26.6 Å². The maximum atomic E-state index is 11.9. The quantitative estimate of drug-likeness (QED) is 0.431. The van der Waals surface area contributed by atoms with Crippen molar-refractivity contribution in [1.82, 2.24) is 10.2 Å². The van der Waals surface area contributed by atoms with E-state index < -0.39 is 24.2 Å². The number of carbonyl (C=O) groups is 2. The van der Waals surface area contributed by atoms with Gasteiger partial charge in [-0.1, -0.05) is 12.8 Å². The van der Waals surface area contributed by atoms with Crippen LogP contribution in [0.1, 0.15) is 32.6 Å². The molecule has 1 aliphatic heterocycles. The van der Waals surface area contributed by atoms with Crippen LogP contribution >= 0.6 is 0 Å². The largest absolute Gasteiger partial charge is 0.396 e. The average Bonchev–Trinajstić information content (AvgIpc) is 2.40. The summed E-state index contributed by atoms with van der Waals surface area (Å²) in [5, 5.41) is 30.7. The van der Waals surface area contributed by atoms with E-state index in [1.807, 2.05) is 0 Å². The monoisotopic (exact) mass is 288 g/mol. The molecule has 0 aromatic carbocycles. The Bertz CT molecular complexity index is 337. The van der Waals surface area contributed by atoms with Crippen LogP contribution in [-0.4, -0.2) is 70.0 Å². The first-order valence-electron chi connectivity index (χ1n) is 7.00. The van der Waals surface area contributed by atoms with Crippen LogP contribution < -0.4 is 5.32 Å². The molecule has 7 nitrogen and oxygen atoms in total. The van der Waals surface area contributed by atoms with Crippen molar-refractivity contribution in [2.24, 2.45) is 0 Å². The highest BCUT2D eigenvalue weighted by molar-refractivity contribution is 5.83. The summed E-state index contributed by atoms with van der Waals surface area (Å²) in [6.07, 6.45) is 0.521. The fraction of sp³-hybridized carbons (Fsp3) is 0.846. The van der Waals surface area contributed by atoms with Gasteiger partial charge in [0.15, 0.2) is 6.10 Å². The van der Waals surface area contributed by atoms with Crippen LogP contribution in [0.3, 0.4) is 0 Å². The van der Waals surface area contributed by atoms with Crippen LogP contribution in [0.5, 0.6) is 0 Å². The van der Waals surface area contributed by atoms with E-state index in [1.54, 1.807) is 0 Å². The summed E-state index contributed by atoms with van der Waals surface area (Å²) in [6, 6.07) is -0.641. The van der Waals surface area contributed by atoms with E-state index in [2.05, 4.69) is 5.32 Å². The highest BCUT2D eigenvalue weighted by atomic mass is 16.3. The molecule has 2 amide bonds. The van der Waals surface area contributed by atoms with Gasteiger partial charge in [-0.2, -0.15) is 0 Å². The predicted molar refractivity (Wildman–Crippen MR) is 71.8 cm³/mol. The van der Waals surface area contributed by atoms with Gasteiger partial charge in [0.05, 0.1) is 6.04 Å². The Hall–Kier alpha value is -1.18. The lowest BCUT2D eigenvalue weighted by molar-refractivity contribution is -0.156. The van der Waals surface area contributed by atoms with Crippen LogP contribution in [0, 0.1) is 0 Å². The van der Waals surface area contributed by atoms with E-state index in [4.69, 9.17) is 5.11 Å². The van der Waals surface area contributed by atoms with Gasteiger partial charge in [-0.05, 0) is 12.8 Å². The van der Waals surface area contributed by atoms with Crippen LogP contribution in [-0.2, 0) is 9.59 Å². The fourth-order valence-electron chi connectivity index (χ4n) is 2.35. The second-order valence-corrected chi connectivity index (χ2v) is 5.16. The molecule has 0 aliphatic carbocycles. The van der Waals surface area contributed by atoms with Crippen LogP contribution in [0.25, 0.3) is 0 Å². The molecule has 1 fully saturated rings. The molecule has 1 heterocycles. The van der Waals surface area contributed by atoms with E-state index in [9.17, 15) is 19.8 Å². The van der Waals surface area contributed by atoms with Gasteiger partial charge in [0.2, 0.25) is 5.91 Å². The molecule has 1 rings (SSSR count). The lowest BCUT2D eigenvalue weighted by atomic mass is 9.98. The van der Waals surface area contributed by atoms with Gasteiger partial charge in [0.1, 0.15) is 6.10 Å². The number of unbranched alkanes of at least 4 members (excludes halogenated alkanes) is 3. The van der Waals surface area contributed by atoms with Crippen molar-refractivity contribution in [2.75, 3.05) is 19.7 Å². The molecule has 0 radical (unpaired) electrons. The fourth-order valence-corrected chi connectivity index (χ4v) is 2.35. The number of nitrogens with zero attached hydrogens (tertiary/aromatic N) is 1. The van der Waals surface area contributed by atoms with E-state index in [0.29, 0.717) is 6.54 Å². The number of aliphatic hydroxyl groups is 3.